The van der Waals surface area contributed by atoms with E-state index in [1.807, 2.05) is 12.1 Å². The van der Waals surface area contributed by atoms with Gasteiger partial charge in [-0.3, -0.25) is 19.3 Å². The Morgan fingerprint density at radius 2 is 1.77 bits per heavy atom. The van der Waals surface area contributed by atoms with Gasteiger partial charge in [-0.25, -0.2) is 4.79 Å². The Balaban J connectivity index is 1.59. The molecule has 0 aliphatic carbocycles. The summed E-state index contributed by atoms with van der Waals surface area (Å²) < 4.78 is 5.06. The molecule has 1 N–H and O–H groups in total. The van der Waals surface area contributed by atoms with Gasteiger partial charge in [0.15, 0.2) is 6.61 Å². The topological polar surface area (TPSA) is 92.8 Å². The summed E-state index contributed by atoms with van der Waals surface area (Å²) in [6.07, 6.45) is 2.48. The second kappa shape index (κ2) is 9.38. The molecular weight excluding hydrogens is 396 g/mol. The number of ether oxygens (including phenoxy) is 1. The lowest BCUT2D eigenvalue weighted by Gasteiger charge is -2.11. The lowest BCUT2D eigenvalue weighted by atomic mass is 9.99. The first-order chi connectivity index (χ1) is 14.8. The fourth-order valence-corrected chi connectivity index (χ4v) is 3.25. The number of nitrogens with one attached hydrogen (secondary N) is 1. The van der Waals surface area contributed by atoms with E-state index in [2.05, 4.69) is 25.7 Å². The van der Waals surface area contributed by atoms with E-state index in [1.54, 1.807) is 12.1 Å². The number of hydrogen-bond acceptors (Lipinski definition) is 5. The van der Waals surface area contributed by atoms with Gasteiger partial charge in [0.05, 0.1) is 16.7 Å². The number of rotatable bonds is 8. The summed E-state index contributed by atoms with van der Waals surface area (Å²) in [7, 11) is 0. The maximum atomic E-state index is 12.4. The van der Waals surface area contributed by atoms with Gasteiger partial charge in [0, 0.05) is 12.2 Å². The van der Waals surface area contributed by atoms with Crippen molar-refractivity contribution in [1.82, 2.24) is 4.90 Å². The van der Waals surface area contributed by atoms with Gasteiger partial charge in [-0.2, -0.15) is 0 Å². The lowest BCUT2D eigenvalue weighted by Crippen LogP contribution is -2.29. The molecule has 3 rings (SSSR count). The van der Waals surface area contributed by atoms with Crippen LogP contribution in [-0.4, -0.2) is 41.7 Å². The minimum Gasteiger partial charge on any atom is -0.452 e. The quantitative estimate of drug-likeness (QED) is 0.399. The molecule has 0 saturated carbocycles. The van der Waals surface area contributed by atoms with Crippen LogP contribution in [0.2, 0.25) is 0 Å². The number of anilines is 1. The first-order valence-electron chi connectivity index (χ1n) is 10.0. The van der Waals surface area contributed by atoms with Crippen molar-refractivity contribution >= 4 is 29.4 Å². The third-order valence-electron chi connectivity index (χ3n) is 5.23. The molecule has 31 heavy (non-hydrogen) atoms. The Morgan fingerprint density at radius 1 is 1.10 bits per heavy atom. The number of benzene rings is 2. The van der Waals surface area contributed by atoms with Crippen molar-refractivity contribution < 1.29 is 23.9 Å². The van der Waals surface area contributed by atoms with Gasteiger partial charge < -0.3 is 10.1 Å². The Morgan fingerprint density at radius 3 is 2.42 bits per heavy atom. The molecule has 0 spiro atoms. The maximum Gasteiger partial charge on any atom is 0.338 e. The summed E-state index contributed by atoms with van der Waals surface area (Å²) in [5.74, 6) is -1.72. The van der Waals surface area contributed by atoms with Gasteiger partial charge >= 0.3 is 5.97 Å². The lowest BCUT2D eigenvalue weighted by molar-refractivity contribution is -0.119. The van der Waals surface area contributed by atoms with Crippen LogP contribution in [-0.2, 0) is 9.53 Å². The highest BCUT2D eigenvalue weighted by atomic mass is 16.5. The highest BCUT2D eigenvalue weighted by Crippen LogP contribution is 2.24. The number of esters is 1. The van der Waals surface area contributed by atoms with Crippen molar-refractivity contribution in [2.45, 2.75) is 26.2 Å². The van der Waals surface area contributed by atoms with Crippen molar-refractivity contribution in [2.75, 3.05) is 18.5 Å². The van der Waals surface area contributed by atoms with Gasteiger partial charge in [-0.05, 0) is 48.2 Å². The van der Waals surface area contributed by atoms with E-state index in [4.69, 9.17) is 4.74 Å². The highest BCUT2D eigenvalue weighted by molar-refractivity contribution is 6.22. The van der Waals surface area contributed by atoms with E-state index in [1.165, 1.54) is 29.8 Å². The van der Waals surface area contributed by atoms with Crippen LogP contribution < -0.4 is 5.32 Å². The molecule has 1 atom stereocenters. The first-order valence-corrected chi connectivity index (χ1v) is 10.0. The number of carbonyl (C=O) groups excluding carboxylic acids is 4. The molecule has 2 aromatic carbocycles. The molecule has 0 unspecified atom stereocenters. The maximum absolute atomic E-state index is 12.4. The SMILES string of the molecule is C=CCN1C(=O)c2ccc(C(=O)OCC(=O)Nc3ccc([C@H](C)CC)cc3)cc2C1=O. The summed E-state index contributed by atoms with van der Waals surface area (Å²) in [6.45, 7) is 7.39. The number of amides is 3. The zero-order chi connectivity index (χ0) is 22.5. The van der Waals surface area contributed by atoms with E-state index >= 15 is 0 Å². The summed E-state index contributed by atoms with van der Waals surface area (Å²) in [5.41, 5.74) is 2.24. The monoisotopic (exact) mass is 420 g/mol. The van der Waals surface area contributed by atoms with Gasteiger partial charge in [0.2, 0.25) is 0 Å². The molecule has 7 heteroatoms. The molecular formula is C24H24N2O5. The van der Waals surface area contributed by atoms with E-state index in [-0.39, 0.29) is 23.2 Å². The predicted octanol–water partition coefficient (Wildman–Crippen LogP) is 3.78. The Labute approximate surface area is 180 Å². The van der Waals surface area contributed by atoms with Crippen LogP contribution in [0.25, 0.3) is 0 Å². The second-order valence-corrected chi connectivity index (χ2v) is 7.33. The van der Waals surface area contributed by atoms with Gasteiger partial charge in [-0.15, -0.1) is 6.58 Å². The van der Waals surface area contributed by atoms with E-state index in [9.17, 15) is 19.2 Å². The second-order valence-electron chi connectivity index (χ2n) is 7.33. The minimum absolute atomic E-state index is 0.0879. The molecule has 0 radical (unpaired) electrons. The molecule has 1 heterocycles. The van der Waals surface area contributed by atoms with Crippen molar-refractivity contribution in [3.63, 3.8) is 0 Å². The number of nitrogens with zero attached hydrogens (tertiary/aromatic N) is 1. The summed E-state index contributed by atoms with van der Waals surface area (Å²) in [6, 6.07) is 11.6. The van der Waals surface area contributed by atoms with Crippen LogP contribution in [0.4, 0.5) is 5.69 Å². The zero-order valence-electron chi connectivity index (χ0n) is 17.5. The highest BCUT2D eigenvalue weighted by Gasteiger charge is 2.35. The standard InChI is InChI=1S/C24H24N2O5/c1-4-12-26-22(28)19-11-8-17(13-20(19)23(26)29)24(30)31-14-21(27)25-18-9-6-16(7-10-18)15(3)5-2/h4,6-11,13,15H,1,5,12,14H2,2-3H3,(H,25,27)/t15-/m1/s1. The molecule has 0 fully saturated rings. The largest absolute Gasteiger partial charge is 0.452 e. The fourth-order valence-electron chi connectivity index (χ4n) is 3.25. The summed E-state index contributed by atoms with van der Waals surface area (Å²) >= 11 is 0. The molecule has 0 bridgehead atoms. The van der Waals surface area contributed by atoms with E-state index in [0.717, 1.165) is 11.3 Å². The molecule has 7 nitrogen and oxygen atoms in total. The van der Waals surface area contributed by atoms with Crippen LogP contribution in [0, 0.1) is 0 Å². The molecule has 1 aliphatic rings. The van der Waals surface area contributed by atoms with Crippen molar-refractivity contribution in [3.05, 3.63) is 77.4 Å². The third-order valence-corrected chi connectivity index (χ3v) is 5.23. The van der Waals surface area contributed by atoms with E-state index < -0.39 is 30.3 Å². The van der Waals surface area contributed by atoms with Gasteiger partial charge in [-0.1, -0.05) is 32.1 Å². The first kappa shape index (κ1) is 22.0. The van der Waals surface area contributed by atoms with Gasteiger partial charge in [0.1, 0.15) is 0 Å². The number of hydrogen-bond donors (Lipinski definition) is 1. The van der Waals surface area contributed by atoms with Gasteiger partial charge in [0.25, 0.3) is 17.7 Å². The Bertz CT molecular complexity index is 1040. The van der Waals surface area contributed by atoms with Crippen LogP contribution in [0.15, 0.2) is 55.1 Å². The molecule has 0 saturated heterocycles. The van der Waals surface area contributed by atoms with Crippen LogP contribution in [0.1, 0.15) is 62.8 Å². The van der Waals surface area contributed by atoms with Crippen molar-refractivity contribution in [2.24, 2.45) is 0 Å². The minimum atomic E-state index is -0.757. The molecule has 0 aromatic heterocycles. The van der Waals surface area contributed by atoms with Crippen LogP contribution in [0.5, 0.6) is 0 Å². The van der Waals surface area contributed by atoms with Crippen LogP contribution >= 0.6 is 0 Å². The number of carbonyl (C=O) groups is 4. The van der Waals surface area contributed by atoms with E-state index in [0.29, 0.717) is 11.6 Å². The van der Waals surface area contributed by atoms with Crippen molar-refractivity contribution in [3.8, 4) is 0 Å². The summed E-state index contributed by atoms with van der Waals surface area (Å²) in [4.78, 5) is 50.1. The molecule has 3 amide bonds. The van der Waals surface area contributed by atoms with Crippen LogP contribution in [0.3, 0.4) is 0 Å². The fraction of sp³-hybridized carbons (Fsp3) is 0.250. The Kier molecular flexibility index (Phi) is 6.65. The molecule has 1 aliphatic heterocycles. The number of fused-ring (bicyclic) bond motifs is 1. The average Bonchev–Trinajstić information content (AvgIpc) is 3.02. The number of imide groups is 1. The molecule has 2 aromatic rings. The predicted molar refractivity (Wildman–Crippen MR) is 116 cm³/mol. The smallest absolute Gasteiger partial charge is 0.338 e. The third kappa shape index (κ3) is 4.71. The normalized spacial score (nSPS) is 13.5. The zero-order valence-corrected chi connectivity index (χ0v) is 17.5. The van der Waals surface area contributed by atoms with Crippen molar-refractivity contribution in [1.29, 1.82) is 0 Å². The molecule has 160 valence electrons. The summed E-state index contributed by atoms with van der Waals surface area (Å²) in [5, 5.41) is 2.68. The Hall–Kier alpha value is -3.74. The average molecular weight is 420 g/mol.